The molecule has 0 bridgehead atoms. The van der Waals surface area contributed by atoms with Crippen LogP contribution in [0, 0.1) is 0 Å². The number of carbonyl (C=O) groups is 1. The monoisotopic (exact) mass is 365 g/mol. The van der Waals surface area contributed by atoms with Gasteiger partial charge in [0.2, 0.25) is 5.91 Å². The smallest absolute Gasteiger partial charge is 0.240 e. The Balaban J connectivity index is 1.47. The third kappa shape index (κ3) is 4.88. The maximum Gasteiger partial charge on any atom is 0.240 e. The number of phenolic OH excluding ortho intramolecular Hbond substituents is 1. The van der Waals surface area contributed by atoms with Gasteiger partial charge < -0.3 is 14.8 Å². The zero-order chi connectivity index (χ0) is 19.1. The van der Waals surface area contributed by atoms with Gasteiger partial charge in [-0.25, -0.2) is 5.43 Å². The Bertz CT molecular complexity index is 947. The Hall–Kier alpha value is -3.28. The lowest BCUT2D eigenvalue weighted by Gasteiger charge is -2.06. The quantitative estimate of drug-likeness (QED) is 0.420. The predicted octanol–water partition coefficient (Wildman–Crippen LogP) is 3.75. The van der Waals surface area contributed by atoms with Crippen molar-refractivity contribution in [3.05, 3.63) is 59.8 Å². The van der Waals surface area contributed by atoms with Crippen molar-refractivity contribution in [1.29, 1.82) is 0 Å². The zero-order valence-corrected chi connectivity index (χ0v) is 15.2. The van der Waals surface area contributed by atoms with Crippen LogP contribution in [-0.4, -0.2) is 28.8 Å². The lowest BCUT2D eigenvalue weighted by Crippen LogP contribution is -2.17. The number of aryl methyl sites for hydroxylation is 1. The van der Waals surface area contributed by atoms with Crippen LogP contribution in [0.2, 0.25) is 0 Å². The Kier molecular flexibility index (Phi) is 6.10. The first-order valence-electron chi connectivity index (χ1n) is 9.00. The molecule has 1 heterocycles. The van der Waals surface area contributed by atoms with E-state index >= 15 is 0 Å². The highest BCUT2D eigenvalue weighted by Gasteiger charge is 2.05. The fraction of sp³-hybridized carbons (Fsp3) is 0.238. The van der Waals surface area contributed by atoms with Gasteiger partial charge in [0.25, 0.3) is 0 Å². The van der Waals surface area contributed by atoms with Crippen LogP contribution in [0.25, 0.3) is 10.9 Å². The average Bonchev–Trinajstić information content (AvgIpc) is 3.08. The highest BCUT2D eigenvalue weighted by Crippen LogP contribution is 2.26. The number of nitrogens with zero attached hydrogens (tertiary/aromatic N) is 1. The Morgan fingerprint density at radius 3 is 3.00 bits per heavy atom. The minimum absolute atomic E-state index is 0.0790. The van der Waals surface area contributed by atoms with E-state index in [1.807, 2.05) is 31.3 Å². The maximum atomic E-state index is 12.0. The van der Waals surface area contributed by atoms with Gasteiger partial charge in [0.15, 0.2) is 11.5 Å². The molecule has 1 amide bonds. The SMILES string of the molecule is CCOc1cc(C=NNC(=O)CCCc2c[nH]c3ccccc23)ccc1O. The number of H-pyrrole nitrogens is 1. The molecule has 0 radical (unpaired) electrons. The maximum absolute atomic E-state index is 12.0. The molecule has 0 unspecified atom stereocenters. The fourth-order valence-electron chi connectivity index (χ4n) is 2.89. The minimum Gasteiger partial charge on any atom is -0.504 e. The topological polar surface area (TPSA) is 86.7 Å². The number of aromatic amines is 1. The highest BCUT2D eigenvalue weighted by molar-refractivity contribution is 5.84. The Morgan fingerprint density at radius 1 is 1.30 bits per heavy atom. The number of aromatic hydroxyl groups is 1. The van der Waals surface area contributed by atoms with Gasteiger partial charge in [-0.1, -0.05) is 18.2 Å². The highest BCUT2D eigenvalue weighted by atomic mass is 16.5. The molecule has 0 aliphatic heterocycles. The molecule has 0 saturated carbocycles. The number of rotatable bonds is 8. The summed E-state index contributed by atoms with van der Waals surface area (Å²) in [6.45, 7) is 2.30. The van der Waals surface area contributed by atoms with Crippen LogP contribution in [0.4, 0.5) is 0 Å². The van der Waals surface area contributed by atoms with E-state index in [4.69, 9.17) is 4.74 Å². The van der Waals surface area contributed by atoms with Gasteiger partial charge in [-0.15, -0.1) is 0 Å². The number of hydrogen-bond acceptors (Lipinski definition) is 4. The van der Waals surface area contributed by atoms with E-state index in [9.17, 15) is 9.90 Å². The first-order chi connectivity index (χ1) is 13.2. The molecule has 1 aromatic heterocycles. The van der Waals surface area contributed by atoms with Crippen molar-refractivity contribution in [3.8, 4) is 11.5 Å². The third-order valence-corrected chi connectivity index (χ3v) is 4.21. The molecule has 0 aliphatic rings. The van der Waals surface area contributed by atoms with Gasteiger partial charge in [-0.2, -0.15) is 5.10 Å². The average molecular weight is 365 g/mol. The molecule has 0 fully saturated rings. The lowest BCUT2D eigenvalue weighted by molar-refractivity contribution is -0.121. The number of para-hydroxylation sites is 1. The van der Waals surface area contributed by atoms with E-state index in [0.29, 0.717) is 18.8 Å². The normalized spacial score (nSPS) is 11.1. The van der Waals surface area contributed by atoms with Crippen LogP contribution in [0.5, 0.6) is 11.5 Å². The van der Waals surface area contributed by atoms with Crippen LogP contribution in [0.3, 0.4) is 0 Å². The van der Waals surface area contributed by atoms with Crippen molar-refractivity contribution in [2.45, 2.75) is 26.2 Å². The summed E-state index contributed by atoms with van der Waals surface area (Å²) in [5.41, 5.74) is 5.60. The number of ether oxygens (including phenoxy) is 1. The number of hydrogen-bond donors (Lipinski definition) is 3. The summed E-state index contributed by atoms with van der Waals surface area (Å²) < 4.78 is 5.32. The van der Waals surface area contributed by atoms with E-state index in [-0.39, 0.29) is 11.7 Å². The fourth-order valence-corrected chi connectivity index (χ4v) is 2.89. The summed E-state index contributed by atoms with van der Waals surface area (Å²) in [6.07, 6.45) is 5.51. The number of benzene rings is 2. The number of carbonyl (C=O) groups excluding carboxylic acids is 1. The first-order valence-corrected chi connectivity index (χ1v) is 9.00. The second kappa shape index (κ2) is 8.89. The summed E-state index contributed by atoms with van der Waals surface area (Å²) in [5, 5.41) is 14.9. The van der Waals surface area contributed by atoms with Gasteiger partial charge in [-0.3, -0.25) is 4.79 Å². The van der Waals surface area contributed by atoms with Gasteiger partial charge in [0, 0.05) is 23.5 Å². The molecule has 0 aliphatic carbocycles. The third-order valence-electron chi connectivity index (χ3n) is 4.21. The van der Waals surface area contributed by atoms with E-state index in [0.717, 1.165) is 23.9 Å². The van der Waals surface area contributed by atoms with Gasteiger partial charge in [-0.05, 0) is 55.2 Å². The van der Waals surface area contributed by atoms with Crippen molar-refractivity contribution >= 4 is 23.0 Å². The van der Waals surface area contributed by atoms with Crippen LogP contribution in [-0.2, 0) is 11.2 Å². The first kappa shape index (κ1) is 18.5. The summed E-state index contributed by atoms with van der Waals surface area (Å²) in [7, 11) is 0. The van der Waals surface area contributed by atoms with Crippen molar-refractivity contribution in [2.75, 3.05) is 6.61 Å². The number of hydrazone groups is 1. The van der Waals surface area contributed by atoms with E-state index in [2.05, 4.69) is 21.6 Å². The molecule has 2 aromatic carbocycles. The van der Waals surface area contributed by atoms with E-state index in [1.54, 1.807) is 12.1 Å². The summed E-state index contributed by atoms with van der Waals surface area (Å²) in [5.74, 6) is 0.344. The number of phenols is 1. The van der Waals surface area contributed by atoms with Crippen molar-refractivity contribution in [3.63, 3.8) is 0 Å². The van der Waals surface area contributed by atoms with Crippen LogP contribution >= 0.6 is 0 Å². The molecular weight excluding hydrogens is 342 g/mol. The van der Waals surface area contributed by atoms with Crippen LogP contribution in [0.15, 0.2) is 53.8 Å². The van der Waals surface area contributed by atoms with E-state index < -0.39 is 0 Å². The molecule has 27 heavy (non-hydrogen) atoms. The number of nitrogens with one attached hydrogen (secondary N) is 2. The second-order valence-corrected chi connectivity index (χ2v) is 6.17. The molecule has 6 nitrogen and oxygen atoms in total. The molecule has 0 spiro atoms. The minimum atomic E-state index is -0.130. The molecular formula is C21H23N3O3. The van der Waals surface area contributed by atoms with Gasteiger partial charge >= 0.3 is 0 Å². The summed E-state index contributed by atoms with van der Waals surface area (Å²) in [6, 6.07) is 13.0. The zero-order valence-electron chi connectivity index (χ0n) is 15.2. The van der Waals surface area contributed by atoms with E-state index in [1.165, 1.54) is 23.2 Å². The molecule has 0 saturated heterocycles. The van der Waals surface area contributed by atoms with Crippen molar-refractivity contribution in [2.24, 2.45) is 5.10 Å². The molecule has 0 atom stereocenters. The summed E-state index contributed by atoms with van der Waals surface area (Å²) in [4.78, 5) is 15.2. The molecule has 6 heteroatoms. The Morgan fingerprint density at radius 2 is 2.15 bits per heavy atom. The predicted molar refractivity (Wildman–Crippen MR) is 106 cm³/mol. The second-order valence-electron chi connectivity index (χ2n) is 6.17. The molecule has 3 N–H and O–H groups in total. The number of aromatic nitrogens is 1. The standard InChI is InChI=1S/C21H23N3O3/c1-2-27-20-12-15(10-11-19(20)25)13-23-24-21(26)9-5-6-16-14-22-18-8-4-3-7-17(16)18/h3-4,7-8,10-14,22,25H,2,5-6,9H2,1H3,(H,24,26). The Labute approximate surface area is 157 Å². The molecule has 3 aromatic rings. The van der Waals surface area contributed by atoms with Crippen LogP contribution < -0.4 is 10.2 Å². The number of amides is 1. The van der Waals surface area contributed by atoms with Gasteiger partial charge in [0.05, 0.1) is 12.8 Å². The van der Waals surface area contributed by atoms with Gasteiger partial charge in [0.1, 0.15) is 0 Å². The largest absolute Gasteiger partial charge is 0.504 e. The molecule has 140 valence electrons. The summed E-state index contributed by atoms with van der Waals surface area (Å²) >= 11 is 0. The van der Waals surface area contributed by atoms with Crippen molar-refractivity contribution < 1.29 is 14.6 Å². The lowest BCUT2D eigenvalue weighted by atomic mass is 10.1. The number of fused-ring (bicyclic) bond motifs is 1. The molecule has 3 rings (SSSR count). The van der Waals surface area contributed by atoms with Crippen molar-refractivity contribution in [1.82, 2.24) is 10.4 Å². The van der Waals surface area contributed by atoms with Crippen LogP contribution in [0.1, 0.15) is 30.9 Å².